The van der Waals surface area contributed by atoms with E-state index in [1.54, 1.807) is 6.92 Å². The van der Waals surface area contributed by atoms with E-state index in [4.69, 9.17) is 9.47 Å². The Bertz CT molecular complexity index is 1460. The van der Waals surface area contributed by atoms with Crippen molar-refractivity contribution < 1.29 is 19.1 Å². The van der Waals surface area contributed by atoms with E-state index in [0.717, 1.165) is 35.3 Å². The fourth-order valence-corrected chi connectivity index (χ4v) is 6.99. The predicted octanol–water partition coefficient (Wildman–Crippen LogP) is 6.91. The molecule has 3 aromatic carbocycles. The zero-order valence-corrected chi connectivity index (χ0v) is 25.0. The number of aryl methyl sites for hydroxylation is 1. The van der Waals surface area contributed by atoms with Crippen molar-refractivity contribution in [2.45, 2.75) is 33.3 Å². The standard InChI is InChI=1S/C30H25I2NO4/c1-4-36-30(35)24-17(3)33-27-20-7-5-6-8-21(20)28(34)26(27)25(24)19-13-22(31)29(23(32)14-19)37-15-18-11-9-16(2)10-12-18/h5-14,25,33H,4,15H2,1-3H3/t25-/m1/s1. The predicted molar refractivity (Wildman–Crippen MR) is 160 cm³/mol. The van der Waals surface area contributed by atoms with Crippen LogP contribution in [0.25, 0.3) is 5.70 Å². The van der Waals surface area contributed by atoms with Crippen LogP contribution in [0.5, 0.6) is 5.75 Å². The molecule has 37 heavy (non-hydrogen) atoms. The normalized spacial score (nSPS) is 16.4. The molecule has 3 aromatic rings. The Kier molecular flexibility index (Phi) is 7.44. The number of allylic oxidation sites excluding steroid dienone is 2. The van der Waals surface area contributed by atoms with Crippen LogP contribution in [-0.2, 0) is 16.1 Å². The summed E-state index contributed by atoms with van der Waals surface area (Å²) in [7, 11) is 0. The summed E-state index contributed by atoms with van der Waals surface area (Å²) in [5.41, 5.74) is 7.15. The number of carbonyl (C=O) groups excluding carboxylic acids is 2. The van der Waals surface area contributed by atoms with E-state index < -0.39 is 11.9 Å². The van der Waals surface area contributed by atoms with Gasteiger partial charge in [0.25, 0.3) is 0 Å². The van der Waals surface area contributed by atoms with Crippen molar-refractivity contribution in [1.82, 2.24) is 5.32 Å². The molecule has 7 heteroatoms. The Morgan fingerprint density at radius 1 is 0.973 bits per heavy atom. The van der Waals surface area contributed by atoms with Gasteiger partial charge in [0.2, 0.25) is 0 Å². The van der Waals surface area contributed by atoms with Crippen LogP contribution in [0.3, 0.4) is 0 Å². The number of ketones is 1. The topological polar surface area (TPSA) is 64.6 Å². The first-order valence-corrected chi connectivity index (χ1v) is 14.2. The molecule has 0 radical (unpaired) electrons. The Balaban J connectivity index is 1.57. The highest BCUT2D eigenvalue weighted by Crippen LogP contribution is 2.48. The lowest BCUT2D eigenvalue weighted by atomic mass is 9.80. The quantitative estimate of drug-likeness (QED) is 0.222. The van der Waals surface area contributed by atoms with Gasteiger partial charge >= 0.3 is 5.97 Å². The monoisotopic (exact) mass is 717 g/mol. The van der Waals surface area contributed by atoms with Gasteiger partial charge in [-0.25, -0.2) is 4.79 Å². The highest BCUT2D eigenvalue weighted by atomic mass is 127. The number of Topliss-reactive ketones (excluding diaryl/α,β-unsaturated/α-hetero) is 1. The summed E-state index contributed by atoms with van der Waals surface area (Å²) in [6.07, 6.45) is 0. The van der Waals surface area contributed by atoms with E-state index in [1.165, 1.54) is 5.56 Å². The molecule has 1 heterocycles. The fraction of sp³-hybridized carbons (Fsp3) is 0.200. The first-order valence-electron chi connectivity index (χ1n) is 12.0. The smallest absolute Gasteiger partial charge is 0.336 e. The summed E-state index contributed by atoms with van der Waals surface area (Å²) in [5.74, 6) is -0.254. The molecule has 0 spiro atoms. The van der Waals surface area contributed by atoms with Crippen LogP contribution < -0.4 is 10.1 Å². The fourth-order valence-electron chi connectivity index (χ4n) is 4.87. The second-order valence-electron chi connectivity index (χ2n) is 9.07. The summed E-state index contributed by atoms with van der Waals surface area (Å²) in [4.78, 5) is 26.9. The Hall–Kier alpha value is -2.66. The van der Waals surface area contributed by atoms with E-state index >= 15 is 0 Å². The highest BCUT2D eigenvalue weighted by Gasteiger charge is 2.43. The van der Waals surface area contributed by atoms with Gasteiger partial charge in [0.05, 0.1) is 25.0 Å². The summed E-state index contributed by atoms with van der Waals surface area (Å²) in [6.45, 7) is 6.42. The van der Waals surface area contributed by atoms with Crippen LogP contribution >= 0.6 is 45.2 Å². The van der Waals surface area contributed by atoms with E-state index in [-0.39, 0.29) is 12.4 Å². The van der Waals surface area contributed by atoms with Crippen LogP contribution in [0.2, 0.25) is 0 Å². The Morgan fingerprint density at radius 2 is 1.62 bits per heavy atom. The van der Waals surface area contributed by atoms with Crippen molar-refractivity contribution in [3.8, 4) is 5.75 Å². The van der Waals surface area contributed by atoms with Gasteiger partial charge in [-0.2, -0.15) is 0 Å². The number of ether oxygens (including phenoxy) is 2. The number of carbonyl (C=O) groups is 2. The molecule has 0 fully saturated rings. The van der Waals surface area contributed by atoms with Gasteiger partial charge in [-0.3, -0.25) is 4.79 Å². The van der Waals surface area contributed by atoms with Crippen molar-refractivity contribution in [2.75, 3.05) is 6.61 Å². The number of halogens is 2. The lowest BCUT2D eigenvalue weighted by molar-refractivity contribution is -0.138. The molecule has 1 aliphatic carbocycles. The van der Waals surface area contributed by atoms with Crippen molar-refractivity contribution in [3.63, 3.8) is 0 Å². The minimum absolute atomic E-state index is 0.0675. The van der Waals surface area contributed by atoms with Gasteiger partial charge in [0.15, 0.2) is 5.78 Å². The van der Waals surface area contributed by atoms with Crippen LogP contribution in [-0.4, -0.2) is 18.4 Å². The number of hydrogen-bond donors (Lipinski definition) is 1. The summed E-state index contributed by atoms with van der Waals surface area (Å²) < 4.78 is 13.5. The molecule has 5 nitrogen and oxygen atoms in total. The van der Waals surface area contributed by atoms with E-state index in [2.05, 4.69) is 81.7 Å². The van der Waals surface area contributed by atoms with Crippen LogP contribution in [0.15, 0.2) is 77.5 Å². The maximum Gasteiger partial charge on any atom is 0.336 e. The first-order chi connectivity index (χ1) is 17.8. The molecule has 0 unspecified atom stereocenters. The number of fused-ring (bicyclic) bond motifs is 2. The number of dihydropyridines is 1. The van der Waals surface area contributed by atoms with Crippen LogP contribution in [0.1, 0.15) is 52.4 Å². The van der Waals surface area contributed by atoms with Crippen LogP contribution in [0.4, 0.5) is 0 Å². The molecular weight excluding hydrogens is 692 g/mol. The SMILES string of the molecule is CCOC(=O)C1=C(C)NC2=C(C(=O)c3ccccc32)[C@@H]1c1cc(I)c(OCc2ccc(C)cc2)c(I)c1. The van der Waals surface area contributed by atoms with Gasteiger partial charge in [-0.1, -0.05) is 54.1 Å². The van der Waals surface area contributed by atoms with Gasteiger partial charge < -0.3 is 14.8 Å². The average molecular weight is 717 g/mol. The molecule has 5 rings (SSSR count). The maximum absolute atomic E-state index is 13.7. The van der Waals surface area contributed by atoms with E-state index in [9.17, 15) is 9.59 Å². The number of hydrogen-bond acceptors (Lipinski definition) is 5. The first kappa shape index (κ1) is 26.0. The minimum Gasteiger partial charge on any atom is -0.487 e. The molecule has 1 atom stereocenters. The third-order valence-electron chi connectivity index (χ3n) is 6.60. The second kappa shape index (κ2) is 10.6. The third kappa shape index (κ3) is 4.83. The van der Waals surface area contributed by atoms with E-state index in [1.807, 2.05) is 43.3 Å². The molecule has 0 bridgehead atoms. The van der Waals surface area contributed by atoms with Crippen LogP contribution in [0, 0.1) is 14.1 Å². The van der Waals surface area contributed by atoms with Gasteiger partial charge in [-0.05, 0) is 89.2 Å². The molecule has 0 aromatic heterocycles. The van der Waals surface area contributed by atoms with E-state index in [0.29, 0.717) is 29.0 Å². The van der Waals surface area contributed by atoms with Crippen molar-refractivity contribution in [1.29, 1.82) is 0 Å². The average Bonchev–Trinajstić information content (AvgIpc) is 3.15. The zero-order chi connectivity index (χ0) is 26.3. The lowest BCUT2D eigenvalue weighted by Crippen LogP contribution is -2.29. The Morgan fingerprint density at radius 3 is 2.27 bits per heavy atom. The number of esters is 1. The second-order valence-corrected chi connectivity index (χ2v) is 11.4. The molecular formula is C30H25I2NO4. The summed E-state index contributed by atoms with van der Waals surface area (Å²) in [6, 6.07) is 19.9. The molecule has 0 amide bonds. The number of benzene rings is 3. The number of nitrogens with one attached hydrogen (secondary N) is 1. The highest BCUT2D eigenvalue weighted by molar-refractivity contribution is 14.1. The molecule has 1 N–H and O–H groups in total. The van der Waals surface area contributed by atoms with Crippen molar-refractivity contribution in [3.05, 3.63) is 112 Å². The largest absolute Gasteiger partial charge is 0.487 e. The van der Waals surface area contributed by atoms with Gasteiger partial charge in [-0.15, -0.1) is 0 Å². The third-order valence-corrected chi connectivity index (χ3v) is 8.20. The lowest BCUT2D eigenvalue weighted by Gasteiger charge is -2.29. The maximum atomic E-state index is 13.7. The zero-order valence-electron chi connectivity index (χ0n) is 20.7. The number of rotatable bonds is 6. The Labute approximate surface area is 243 Å². The van der Waals surface area contributed by atoms with Crippen molar-refractivity contribution >= 4 is 62.6 Å². The molecule has 2 aliphatic rings. The molecule has 0 saturated heterocycles. The molecule has 0 saturated carbocycles. The molecule has 1 aliphatic heterocycles. The van der Waals surface area contributed by atoms with Gasteiger partial charge in [0.1, 0.15) is 12.4 Å². The minimum atomic E-state index is -0.552. The molecule has 188 valence electrons. The van der Waals surface area contributed by atoms with Gasteiger partial charge in [0, 0.05) is 28.3 Å². The summed E-state index contributed by atoms with van der Waals surface area (Å²) >= 11 is 4.54. The summed E-state index contributed by atoms with van der Waals surface area (Å²) in [5, 5.41) is 3.35. The van der Waals surface area contributed by atoms with Crippen molar-refractivity contribution in [2.24, 2.45) is 0 Å².